The number of piperazine rings is 1. The van der Waals surface area contributed by atoms with E-state index in [4.69, 9.17) is 21.1 Å². The molecule has 0 radical (unpaired) electrons. The van der Waals surface area contributed by atoms with Crippen molar-refractivity contribution in [1.82, 2.24) is 14.7 Å². The van der Waals surface area contributed by atoms with Gasteiger partial charge in [-0.15, -0.1) is 0 Å². The van der Waals surface area contributed by atoms with E-state index in [1.165, 1.54) is 0 Å². The van der Waals surface area contributed by atoms with Gasteiger partial charge in [-0.2, -0.15) is 0 Å². The van der Waals surface area contributed by atoms with Gasteiger partial charge in [-0.05, 0) is 36.4 Å². The van der Waals surface area contributed by atoms with Crippen LogP contribution in [-0.4, -0.2) is 92.1 Å². The molecule has 2 heterocycles. The lowest BCUT2D eigenvalue weighted by molar-refractivity contribution is -0.135. The number of halogens is 1. The molecular weight excluding hydrogens is 444 g/mol. The molecule has 0 saturated carbocycles. The molecule has 1 N–H and O–H groups in total. The molecule has 2 aromatic carbocycles. The van der Waals surface area contributed by atoms with Crippen molar-refractivity contribution < 1.29 is 19.1 Å². The van der Waals surface area contributed by atoms with Crippen LogP contribution in [0.15, 0.2) is 48.5 Å². The van der Waals surface area contributed by atoms with Crippen LogP contribution in [0.25, 0.3) is 0 Å². The zero-order valence-corrected chi connectivity index (χ0v) is 19.3. The molecule has 0 bridgehead atoms. The molecule has 33 heavy (non-hydrogen) atoms. The number of carbonyl (C=O) groups excluding carboxylic acids is 2. The minimum atomic E-state index is -0.0807. The largest absolute Gasteiger partial charge is 0.456 e. The molecule has 2 fully saturated rings. The number of nitrogens with one attached hydrogen (secondary N) is 1. The van der Waals surface area contributed by atoms with E-state index in [2.05, 4.69) is 15.1 Å². The summed E-state index contributed by atoms with van der Waals surface area (Å²) in [4.78, 5) is 31.1. The maximum Gasteiger partial charge on any atom is 0.238 e. The average Bonchev–Trinajstić information content (AvgIpc) is 2.83. The van der Waals surface area contributed by atoms with Gasteiger partial charge in [-0.25, -0.2) is 0 Å². The second-order valence-electron chi connectivity index (χ2n) is 8.15. The summed E-state index contributed by atoms with van der Waals surface area (Å²) in [6.45, 7) is 6.39. The van der Waals surface area contributed by atoms with Crippen LogP contribution >= 0.6 is 11.6 Å². The number of amides is 2. The Morgan fingerprint density at radius 3 is 2.24 bits per heavy atom. The molecule has 2 amide bonds. The Kier molecular flexibility index (Phi) is 8.17. The molecule has 176 valence electrons. The third-order valence-electron chi connectivity index (χ3n) is 5.76. The zero-order valence-electron chi connectivity index (χ0n) is 18.5. The maximum absolute atomic E-state index is 12.5. The minimum Gasteiger partial charge on any atom is -0.456 e. The third-order valence-corrected chi connectivity index (χ3v) is 6.07. The molecule has 2 saturated heterocycles. The van der Waals surface area contributed by atoms with Crippen molar-refractivity contribution >= 4 is 29.1 Å². The van der Waals surface area contributed by atoms with Crippen LogP contribution in [0.4, 0.5) is 5.69 Å². The summed E-state index contributed by atoms with van der Waals surface area (Å²) in [5, 5.41) is 3.46. The van der Waals surface area contributed by atoms with Crippen molar-refractivity contribution in [3.63, 3.8) is 0 Å². The molecule has 0 atom stereocenters. The van der Waals surface area contributed by atoms with Crippen LogP contribution in [0.5, 0.6) is 11.5 Å². The first-order chi connectivity index (χ1) is 16.1. The van der Waals surface area contributed by atoms with Gasteiger partial charge in [0.1, 0.15) is 11.5 Å². The van der Waals surface area contributed by atoms with Gasteiger partial charge in [0.25, 0.3) is 0 Å². The smallest absolute Gasteiger partial charge is 0.238 e. The van der Waals surface area contributed by atoms with Gasteiger partial charge >= 0.3 is 0 Å². The van der Waals surface area contributed by atoms with Crippen molar-refractivity contribution in [2.45, 2.75) is 0 Å². The first-order valence-electron chi connectivity index (χ1n) is 11.2. The summed E-state index contributed by atoms with van der Waals surface area (Å²) in [6.07, 6.45) is 0. The maximum atomic E-state index is 12.5. The first-order valence-corrected chi connectivity index (χ1v) is 11.6. The fourth-order valence-corrected chi connectivity index (χ4v) is 4.04. The molecule has 2 aromatic rings. The summed E-state index contributed by atoms with van der Waals surface area (Å²) < 4.78 is 11.1. The Labute approximate surface area is 199 Å². The van der Waals surface area contributed by atoms with Gasteiger partial charge in [0, 0.05) is 45.0 Å². The first kappa shape index (κ1) is 23.5. The molecule has 0 aromatic heterocycles. The quantitative estimate of drug-likeness (QED) is 0.667. The molecule has 2 aliphatic heterocycles. The van der Waals surface area contributed by atoms with E-state index in [0.717, 1.165) is 13.1 Å². The third kappa shape index (κ3) is 6.91. The van der Waals surface area contributed by atoms with Gasteiger partial charge in [-0.3, -0.25) is 19.4 Å². The van der Waals surface area contributed by atoms with Crippen molar-refractivity contribution in [2.75, 3.05) is 70.9 Å². The predicted octanol–water partition coefficient (Wildman–Crippen LogP) is 2.55. The number of carbonyl (C=O) groups is 2. The van der Waals surface area contributed by atoms with E-state index in [1.807, 2.05) is 17.0 Å². The van der Waals surface area contributed by atoms with E-state index >= 15 is 0 Å². The Morgan fingerprint density at radius 2 is 1.55 bits per heavy atom. The van der Waals surface area contributed by atoms with E-state index in [-0.39, 0.29) is 11.8 Å². The van der Waals surface area contributed by atoms with E-state index in [1.54, 1.807) is 36.4 Å². The zero-order chi connectivity index (χ0) is 23.0. The van der Waals surface area contributed by atoms with Gasteiger partial charge in [0.15, 0.2) is 0 Å². The Bertz CT molecular complexity index is 942. The van der Waals surface area contributed by atoms with Crippen LogP contribution in [0, 0.1) is 0 Å². The van der Waals surface area contributed by atoms with Crippen LogP contribution in [-0.2, 0) is 14.3 Å². The minimum absolute atomic E-state index is 0.0807. The highest BCUT2D eigenvalue weighted by Gasteiger charge is 2.24. The predicted molar refractivity (Wildman–Crippen MR) is 127 cm³/mol. The van der Waals surface area contributed by atoms with Crippen molar-refractivity contribution in [3.05, 3.63) is 53.6 Å². The van der Waals surface area contributed by atoms with Gasteiger partial charge in [0.05, 0.1) is 31.3 Å². The molecular formula is C24H29ClN4O4. The van der Waals surface area contributed by atoms with Gasteiger partial charge < -0.3 is 19.7 Å². The second-order valence-corrected chi connectivity index (χ2v) is 8.56. The number of hydrogen-bond acceptors (Lipinski definition) is 6. The Morgan fingerprint density at radius 1 is 0.879 bits per heavy atom. The van der Waals surface area contributed by atoms with Crippen LogP contribution < -0.4 is 10.1 Å². The number of hydrogen-bond donors (Lipinski definition) is 1. The lowest BCUT2D eigenvalue weighted by atomic mass is 10.2. The topological polar surface area (TPSA) is 74.4 Å². The Hall–Kier alpha value is -2.65. The fourth-order valence-electron chi connectivity index (χ4n) is 3.87. The highest BCUT2D eigenvalue weighted by Crippen LogP contribution is 2.29. The average molecular weight is 473 g/mol. The van der Waals surface area contributed by atoms with E-state index < -0.39 is 0 Å². The van der Waals surface area contributed by atoms with Crippen LogP contribution in [0.2, 0.25) is 5.02 Å². The van der Waals surface area contributed by atoms with Crippen LogP contribution in [0.1, 0.15) is 0 Å². The number of nitrogens with zero attached hydrogens (tertiary/aromatic N) is 3. The number of rotatable bonds is 7. The molecule has 2 aliphatic rings. The number of morpholine rings is 1. The van der Waals surface area contributed by atoms with Gasteiger partial charge in [-0.1, -0.05) is 23.7 Å². The monoisotopic (exact) mass is 472 g/mol. The van der Waals surface area contributed by atoms with Crippen molar-refractivity contribution in [2.24, 2.45) is 0 Å². The van der Waals surface area contributed by atoms with Gasteiger partial charge in [0.2, 0.25) is 11.8 Å². The Balaban J connectivity index is 1.19. The summed E-state index contributed by atoms with van der Waals surface area (Å²) in [5.41, 5.74) is 0.700. The molecule has 0 unspecified atom stereocenters. The molecule has 4 rings (SSSR count). The fraction of sp³-hybridized carbons (Fsp3) is 0.417. The normalized spacial score (nSPS) is 17.5. The SMILES string of the molecule is O=C(CN1CCN(C(=O)CN2CCOCC2)CC1)Nc1ccc(Oc2ccccc2Cl)cc1. The summed E-state index contributed by atoms with van der Waals surface area (Å²) in [6, 6.07) is 14.4. The number of benzene rings is 2. The van der Waals surface area contributed by atoms with E-state index in [9.17, 15) is 9.59 Å². The van der Waals surface area contributed by atoms with E-state index in [0.29, 0.717) is 74.7 Å². The number of anilines is 1. The highest BCUT2D eigenvalue weighted by molar-refractivity contribution is 6.32. The summed E-state index contributed by atoms with van der Waals surface area (Å²) in [5.74, 6) is 1.29. The lowest BCUT2D eigenvalue weighted by Gasteiger charge is -2.36. The standard InChI is InChI=1S/C24H29ClN4O4/c25-21-3-1-2-4-22(21)33-20-7-5-19(6-8-20)26-23(30)17-27-9-11-29(12-10-27)24(31)18-28-13-15-32-16-14-28/h1-8H,9-18H2,(H,26,30). The number of ether oxygens (including phenoxy) is 2. The second kappa shape index (κ2) is 11.5. The molecule has 8 nitrogen and oxygen atoms in total. The summed E-state index contributed by atoms with van der Waals surface area (Å²) in [7, 11) is 0. The van der Waals surface area contributed by atoms with Crippen molar-refractivity contribution in [1.29, 1.82) is 0 Å². The molecule has 9 heteroatoms. The highest BCUT2D eigenvalue weighted by atomic mass is 35.5. The number of para-hydroxylation sites is 1. The molecule has 0 spiro atoms. The summed E-state index contributed by atoms with van der Waals surface area (Å²) >= 11 is 6.12. The van der Waals surface area contributed by atoms with Crippen LogP contribution in [0.3, 0.4) is 0 Å². The molecule has 0 aliphatic carbocycles. The van der Waals surface area contributed by atoms with Crippen molar-refractivity contribution in [3.8, 4) is 11.5 Å². The lowest BCUT2D eigenvalue weighted by Crippen LogP contribution is -2.53.